The van der Waals surface area contributed by atoms with E-state index in [1.54, 1.807) is 11.3 Å². The number of carbonyl (C=O) groups is 1. The molecule has 4 heterocycles. The fourth-order valence-electron chi connectivity index (χ4n) is 5.93. The van der Waals surface area contributed by atoms with Crippen molar-refractivity contribution in [3.8, 4) is 0 Å². The molecule has 1 aliphatic carbocycles. The van der Waals surface area contributed by atoms with Crippen LogP contribution in [0.1, 0.15) is 82.8 Å². The van der Waals surface area contributed by atoms with Crippen LogP contribution in [0.4, 0.5) is 13.2 Å². The molecule has 212 valence electrons. The predicted octanol–water partition coefficient (Wildman–Crippen LogP) is 4.41. The van der Waals surface area contributed by atoms with E-state index in [2.05, 4.69) is 21.7 Å². The maximum Gasteiger partial charge on any atom is 0.416 e. The molecule has 0 unspecified atom stereocenters. The van der Waals surface area contributed by atoms with E-state index in [0.29, 0.717) is 35.8 Å². The molecule has 0 spiro atoms. The molecule has 3 aliphatic rings. The van der Waals surface area contributed by atoms with Crippen LogP contribution < -0.4 is 10.9 Å². The van der Waals surface area contributed by atoms with Crippen LogP contribution >= 0.6 is 11.3 Å². The number of rotatable bonds is 5. The summed E-state index contributed by atoms with van der Waals surface area (Å²) in [5, 5.41) is 16.3. The summed E-state index contributed by atoms with van der Waals surface area (Å²) in [5.41, 5.74) is 0.696. The van der Waals surface area contributed by atoms with Crippen LogP contribution in [-0.2, 0) is 29.4 Å². The number of benzene rings is 1. The average molecular weight is 573 g/mol. The van der Waals surface area contributed by atoms with Crippen molar-refractivity contribution in [3.63, 3.8) is 0 Å². The third-order valence-electron chi connectivity index (χ3n) is 8.47. The molecule has 2 aromatic heterocycles. The number of aromatic nitrogens is 2. The molecule has 7 nitrogen and oxygen atoms in total. The second kappa shape index (κ2) is 10.4. The molecular weight excluding hydrogens is 541 g/mol. The zero-order valence-corrected chi connectivity index (χ0v) is 22.7. The minimum absolute atomic E-state index is 0.0569. The molecule has 0 radical (unpaired) electrons. The molecule has 1 atom stereocenters. The van der Waals surface area contributed by atoms with Gasteiger partial charge < -0.3 is 20.3 Å². The van der Waals surface area contributed by atoms with E-state index >= 15 is 0 Å². The fraction of sp³-hybridized carbons (Fsp3) is 0.483. The van der Waals surface area contributed by atoms with Gasteiger partial charge in [-0.05, 0) is 92.2 Å². The van der Waals surface area contributed by atoms with Crippen molar-refractivity contribution in [2.45, 2.75) is 68.7 Å². The van der Waals surface area contributed by atoms with Crippen molar-refractivity contribution in [1.29, 1.82) is 0 Å². The number of aryl methyl sites for hydroxylation is 1. The first kappa shape index (κ1) is 27.2. The SMILES string of the molecule is O=C([C@H](O)c1cccc(C(F)(F)F)c1)N1CCCc2nc(C3(c4cc(C5CCNCC5)cs4)CC3)[nH]c(=O)c2C1. The lowest BCUT2D eigenvalue weighted by Crippen LogP contribution is -2.36. The Kier molecular flexibility index (Phi) is 7.08. The van der Waals surface area contributed by atoms with E-state index in [4.69, 9.17) is 4.98 Å². The molecular formula is C29H31F3N4O3S. The van der Waals surface area contributed by atoms with Gasteiger partial charge in [0.1, 0.15) is 5.82 Å². The van der Waals surface area contributed by atoms with Crippen molar-refractivity contribution in [2.24, 2.45) is 0 Å². The summed E-state index contributed by atoms with van der Waals surface area (Å²) in [4.78, 5) is 37.0. The lowest BCUT2D eigenvalue weighted by molar-refractivity contribution is -0.142. The van der Waals surface area contributed by atoms with Crippen LogP contribution in [0.3, 0.4) is 0 Å². The van der Waals surface area contributed by atoms with Gasteiger partial charge in [-0.3, -0.25) is 9.59 Å². The molecule has 1 saturated carbocycles. The first-order valence-corrected chi connectivity index (χ1v) is 14.6. The Hall–Kier alpha value is -3.02. The molecule has 1 aromatic carbocycles. The number of thiophene rings is 1. The quantitative estimate of drug-likeness (QED) is 0.421. The maximum atomic E-state index is 13.3. The molecule has 11 heteroatoms. The standard InChI is InChI=1S/C29H31F3N4O3S/c30-29(31,32)20-4-1-3-18(13-20)24(37)26(39)36-12-2-5-22-21(15-36)25(38)35-27(34-22)28(8-9-28)23-14-19(16-40-23)17-6-10-33-11-7-17/h1,3-4,13-14,16-17,24,33,37H,2,5-12,15H2,(H,34,35,38)/t24-/m1/s1. The second-order valence-electron chi connectivity index (χ2n) is 11.1. The van der Waals surface area contributed by atoms with Crippen LogP contribution in [-0.4, -0.2) is 45.5 Å². The zero-order valence-electron chi connectivity index (χ0n) is 21.9. The first-order valence-electron chi connectivity index (χ1n) is 13.7. The lowest BCUT2D eigenvalue weighted by atomic mass is 9.91. The van der Waals surface area contributed by atoms with Crippen molar-refractivity contribution >= 4 is 17.2 Å². The molecule has 0 bridgehead atoms. The van der Waals surface area contributed by atoms with Gasteiger partial charge in [0, 0.05) is 11.4 Å². The van der Waals surface area contributed by atoms with Crippen LogP contribution in [0.5, 0.6) is 0 Å². The lowest BCUT2D eigenvalue weighted by Gasteiger charge is -2.24. The number of fused-ring (bicyclic) bond motifs is 1. The minimum atomic E-state index is -4.59. The van der Waals surface area contributed by atoms with Crippen LogP contribution in [0.15, 0.2) is 40.5 Å². The summed E-state index contributed by atoms with van der Waals surface area (Å²) in [6.07, 6.45) is -1.27. The molecule has 3 aromatic rings. The van der Waals surface area contributed by atoms with E-state index < -0.39 is 23.8 Å². The van der Waals surface area contributed by atoms with E-state index in [1.165, 1.54) is 27.5 Å². The van der Waals surface area contributed by atoms with Crippen molar-refractivity contribution in [2.75, 3.05) is 19.6 Å². The monoisotopic (exact) mass is 572 g/mol. The normalized spacial score (nSPS) is 20.1. The van der Waals surface area contributed by atoms with E-state index in [0.717, 1.165) is 50.9 Å². The second-order valence-corrected chi connectivity index (χ2v) is 12.0. The highest BCUT2D eigenvalue weighted by atomic mass is 32.1. The Bertz CT molecular complexity index is 1470. The van der Waals surface area contributed by atoms with Gasteiger partial charge >= 0.3 is 6.18 Å². The summed E-state index contributed by atoms with van der Waals surface area (Å²) in [5.74, 6) is 0.480. The fourth-order valence-corrected chi connectivity index (χ4v) is 7.19. The number of carbonyl (C=O) groups excluding carboxylic acids is 1. The number of hydrogen-bond donors (Lipinski definition) is 3. The number of alkyl halides is 3. The highest BCUT2D eigenvalue weighted by Gasteiger charge is 2.50. The molecule has 2 aliphatic heterocycles. The molecule has 2 fully saturated rings. The number of aromatic amines is 1. The van der Waals surface area contributed by atoms with Crippen molar-refractivity contribution in [1.82, 2.24) is 20.2 Å². The number of aliphatic hydroxyl groups excluding tert-OH is 1. The summed E-state index contributed by atoms with van der Waals surface area (Å²) in [6.45, 7) is 2.25. The number of amides is 1. The minimum Gasteiger partial charge on any atom is -0.378 e. The largest absolute Gasteiger partial charge is 0.416 e. The summed E-state index contributed by atoms with van der Waals surface area (Å²) in [7, 11) is 0. The van der Waals surface area contributed by atoms with Gasteiger partial charge in [0.15, 0.2) is 6.10 Å². The number of hydrogen-bond acceptors (Lipinski definition) is 6. The Balaban J connectivity index is 1.23. The molecule has 40 heavy (non-hydrogen) atoms. The molecule has 6 rings (SSSR count). The Morgan fingerprint density at radius 1 is 1.20 bits per heavy atom. The number of halogens is 3. The van der Waals surface area contributed by atoms with Gasteiger partial charge in [-0.15, -0.1) is 11.3 Å². The highest BCUT2D eigenvalue weighted by Crippen LogP contribution is 2.54. The molecule has 1 saturated heterocycles. The van der Waals surface area contributed by atoms with Crippen LogP contribution in [0.2, 0.25) is 0 Å². The topological polar surface area (TPSA) is 98.3 Å². The molecule has 3 N–H and O–H groups in total. The number of piperidine rings is 1. The summed E-state index contributed by atoms with van der Waals surface area (Å²) < 4.78 is 39.4. The smallest absolute Gasteiger partial charge is 0.378 e. The summed E-state index contributed by atoms with van der Waals surface area (Å²) >= 11 is 1.73. The third-order valence-corrected chi connectivity index (χ3v) is 9.62. The van der Waals surface area contributed by atoms with Crippen LogP contribution in [0, 0.1) is 0 Å². The Labute approximate surface area is 233 Å². The van der Waals surface area contributed by atoms with Crippen molar-refractivity contribution in [3.05, 3.63) is 84.7 Å². The highest BCUT2D eigenvalue weighted by molar-refractivity contribution is 7.10. The zero-order chi connectivity index (χ0) is 28.1. The van der Waals surface area contributed by atoms with Gasteiger partial charge in [0.2, 0.25) is 0 Å². The number of H-pyrrole nitrogens is 1. The number of nitrogens with one attached hydrogen (secondary N) is 2. The third kappa shape index (κ3) is 5.10. The Morgan fingerprint density at radius 3 is 2.70 bits per heavy atom. The van der Waals surface area contributed by atoms with E-state index in [1.807, 2.05) is 0 Å². The van der Waals surface area contributed by atoms with Gasteiger partial charge in [0.05, 0.1) is 28.8 Å². The van der Waals surface area contributed by atoms with E-state index in [9.17, 15) is 27.9 Å². The van der Waals surface area contributed by atoms with E-state index in [-0.39, 0.29) is 29.6 Å². The number of aliphatic hydroxyl groups is 1. The maximum absolute atomic E-state index is 13.3. The van der Waals surface area contributed by atoms with Gasteiger partial charge in [0.25, 0.3) is 11.5 Å². The average Bonchev–Trinajstić information content (AvgIpc) is 3.67. The first-order chi connectivity index (χ1) is 19.2. The van der Waals surface area contributed by atoms with Gasteiger partial charge in [-0.2, -0.15) is 13.2 Å². The Morgan fingerprint density at radius 2 is 1.98 bits per heavy atom. The van der Waals surface area contributed by atoms with Gasteiger partial charge in [-0.25, -0.2) is 4.98 Å². The predicted molar refractivity (Wildman–Crippen MR) is 144 cm³/mol. The molecule has 1 amide bonds. The number of nitrogens with zero attached hydrogens (tertiary/aromatic N) is 2. The summed E-state index contributed by atoms with van der Waals surface area (Å²) in [6, 6.07) is 6.42. The van der Waals surface area contributed by atoms with Crippen molar-refractivity contribution < 1.29 is 23.1 Å². The van der Waals surface area contributed by atoms with Crippen LogP contribution in [0.25, 0.3) is 0 Å². The van der Waals surface area contributed by atoms with Gasteiger partial charge in [-0.1, -0.05) is 12.1 Å².